The predicted octanol–water partition coefficient (Wildman–Crippen LogP) is 4.28. The maximum atomic E-state index is 13.8. The lowest BCUT2D eigenvalue weighted by atomic mass is 9.96. The van der Waals surface area contributed by atoms with Crippen LogP contribution in [-0.2, 0) is 9.53 Å². The van der Waals surface area contributed by atoms with E-state index in [-0.39, 0.29) is 23.4 Å². The van der Waals surface area contributed by atoms with Crippen molar-refractivity contribution < 1.29 is 23.6 Å². The fourth-order valence-electron chi connectivity index (χ4n) is 4.59. The molecule has 0 saturated heterocycles. The van der Waals surface area contributed by atoms with Crippen LogP contribution in [0.1, 0.15) is 36.8 Å². The van der Waals surface area contributed by atoms with Crippen molar-refractivity contribution in [1.29, 1.82) is 0 Å². The Morgan fingerprint density at radius 1 is 1.18 bits per heavy atom. The van der Waals surface area contributed by atoms with Gasteiger partial charge in [0.05, 0.1) is 40.5 Å². The van der Waals surface area contributed by atoms with Gasteiger partial charge in [-0.05, 0) is 56.2 Å². The van der Waals surface area contributed by atoms with Crippen LogP contribution in [0.15, 0.2) is 80.1 Å². The molecule has 0 fully saturated rings. The van der Waals surface area contributed by atoms with Crippen molar-refractivity contribution in [2.24, 2.45) is 4.99 Å². The number of methoxy groups -OCH3 is 1. The van der Waals surface area contributed by atoms with Gasteiger partial charge in [0.25, 0.3) is 11.2 Å². The number of thiazole rings is 1. The molecule has 0 radical (unpaired) electrons. The molecule has 1 atom stereocenters. The van der Waals surface area contributed by atoms with Gasteiger partial charge in [-0.15, -0.1) is 0 Å². The molecule has 0 saturated carbocycles. The zero-order chi connectivity index (χ0) is 28.6. The molecule has 40 heavy (non-hydrogen) atoms. The Hall–Kier alpha value is -4.77. The lowest BCUT2D eigenvalue weighted by molar-refractivity contribution is -0.384. The summed E-state index contributed by atoms with van der Waals surface area (Å²) in [4.78, 5) is 42.6. The van der Waals surface area contributed by atoms with Gasteiger partial charge in [-0.2, -0.15) is 0 Å². The minimum atomic E-state index is -0.747. The minimum Gasteiger partial charge on any atom is -0.497 e. The maximum absolute atomic E-state index is 13.8. The average molecular weight is 560 g/mol. The molecule has 0 N–H and O–H groups in total. The summed E-state index contributed by atoms with van der Waals surface area (Å²) in [5.74, 6) is 0.939. The summed E-state index contributed by atoms with van der Waals surface area (Å²) in [5, 5.41) is 11.2. The van der Waals surface area contributed by atoms with Crippen LogP contribution < -0.4 is 19.6 Å². The Bertz CT molecular complexity index is 1850. The summed E-state index contributed by atoms with van der Waals surface area (Å²) in [7, 11) is 1.56. The summed E-state index contributed by atoms with van der Waals surface area (Å²) in [6.07, 6.45) is 1.61. The second kappa shape index (κ2) is 10.8. The number of hydrogen-bond donors (Lipinski definition) is 0. The molecule has 5 rings (SSSR count). The average Bonchev–Trinajstić information content (AvgIpc) is 3.52. The highest BCUT2D eigenvalue weighted by Crippen LogP contribution is 2.32. The molecule has 3 heterocycles. The van der Waals surface area contributed by atoms with Crippen molar-refractivity contribution in [1.82, 2.24) is 4.57 Å². The standard InChI is InChI=1S/C29H25N3O7S/c1-5-38-28(34)25-17(3)30-29-31(26(25)18-7-10-20(37-4)11-8-18)27(33)24(40-29)15-21-12-13-23(39-21)22-14-19(32(35)36)9-6-16(22)2/h6-15,26H,5H2,1-4H3/b24-15+. The number of nitrogens with zero attached hydrogens (tertiary/aromatic N) is 3. The van der Waals surface area contributed by atoms with E-state index >= 15 is 0 Å². The minimum absolute atomic E-state index is 0.0434. The molecule has 11 heteroatoms. The number of furan rings is 1. The number of rotatable bonds is 7. The second-order valence-corrected chi connectivity index (χ2v) is 10.0. The van der Waals surface area contributed by atoms with Crippen LogP contribution in [0.3, 0.4) is 0 Å². The number of non-ortho nitro benzene ring substituents is 1. The molecule has 2 aromatic heterocycles. The molecule has 0 bridgehead atoms. The first-order valence-electron chi connectivity index (χ1n) is 12.4. The highest BCUT2D eigenvalue weighted by Gasteiger charge is 2.33. The van der Waals surface area contributed by atoms with Gasteiger partial charge >= 0.3 is 5.97 Å². The number of aryl methyl sites for hydroxylation is 1. The number of aromatic nitrogens is 1. The Balaban J connectivity index is 1.62. The normalized spacial score (nSPS) is 15.0. The van der Waals surface area contributed by atoms with E-state index in [1.165, 1.54) is 28.0 Å². The Morgan fingerprint density at radius 2 is 1.93 bits per heavy atom. The molecule has 2 aromatic carbocycles. The third-order valence-corrected chi connectivity index (χ3v) is 7.53. The monoisotopic (exact) mass is 559 g/mol. The molecular formula is C29H25N3O7S. The molecule has 10 nitrogen and oxygen atoms in total. The Morgan fingerprint density at radius 3 is 2.60 bits per heavy atom. The molecule has 0 amide bonds. The van der Waals surface area contributed by atoms with Crippen molar-refractivity contribution >= 4 is 29.1 Å². The molecule has 1 aliphatic heterocycles. The first kappa shape index (κ1) is 26.8. The van der Waals surface area contributed by atoms with E-state index in [4.69, 9.17) is 13.9 Å². The van der Waals surface area contributed by atoms with Gasteiger partial charge in [0.15, 0.2) is 4.80 Å². The van der Waals surface area contributed by atoms with Gasteiger partial charge in [-0.3, -0.25) is 19.5 Å². The predicted molar refractivity (Wildman–Crippen MR) is 149 cm³/mol. The van der Waals surface area contributed by atoms with Crippen molar-refractivity contribution in [3.63, 3.8) is 0 Å². The number of carbonyl (C=O) groups is 1. The zero-order valence-electron chi connectivity index (χ0n) is 22.2. The van der Waals surface area contributed by atoms with Crippen molar-refractivity contribution in [2.45, 2.75) is 26.8 Å². The maximum Gasteiger partial charge on any atom is 0.338 e. The topological polar surface area (TPSA) is 126 Å². The van der Waals surface area contributed by atoms with E-state index in [1.807, 2.05) is 6.92 Å². The third kappa shape index (κ3) is 4.87. The molecular weight excluding hydrogens is 534 g/mol. The van der Waals surface area contributed by atoms with Gasteiger partial charge in [0.1, 0.15) is 17.3 Å². The number of benzene rings is 2. The number of allylic oxidation sites excluding steroid dienone is 1. The first-order valence-corrected chi connectivity index (χ1v) is 13.2. The number of ether oxygens (including phenoxy) is 2. The molecule has 1 unspecified atom stereocenters. The summed E-state index contributed by atoms with van der Waals surface area (Å²) >= 11 is 1.18. The van der Waals surface area contributed by atoms with E-state index < -0.39 is 16.9 Å². The molecule has 0 aliphatic carbocycles. The number of nitro groups is 1. The van der Waals surface area contributed by atoms with Gasteiger partial charge < -0.3 is 13.9 Å². The summed E-state index contributed by atoms with van der Waals surface area (Å²) in [6.45, 7) is 5.46. The molecule has 0 spiro atoms. The quantitative estimate of drug-likeness (QED) is 0.188. The van der Waals surface area contributed by atoms with Crippen molar-refractivity contribution in [2.75, 3.05) is 13.7 Å². The van der Waals surface area contributed by atoms with Gasteiger partial charge in [0, 0.05) is 23.8 Å². The fourth-order valence-corrected chi connectivity index (χ4v) is 5.61. The van der Waals surface area contributed by atoms with E-state index in [9.17, 15) is 19.7 Å². The van der Waals surface area contributed by atoms with Crippen LogP contribution >= 0.6 is 11.3 Å². The third-order valence-electron chi connectivity index (χ3n) is 6.55. The number of hydrogen-bond acceptors (Lipinski definition) is 9. The molecule has 4 aromatic rings. The van der Waals surface area contributed by atoms with Gasteiger partial charge in [-0.1, -0.05) is 29.5 Å². The zero-order valence-corrected chi connectivity index (χ0v) is 23.0. The first-order chi connectivity index (χ1) is 19.2. The SMILES string of the molecule is CCOC(=O)C1=C(C)N=c2s/c(=C/c3ccc(-c4cc([N+](=O)[O-])ccc4C)o3)c(=O)n2C1c1ccc(OC)cc1. The number of carbonyl (C=O) groups excluding carboxylic acids is 1. The summed E-state index contributed by atoms with van der Waals surface area (Å²) in [5.41, 5.74) is 2.46. The summed E-state index contributed by atoms with van der Waals surface area (Å²) in [6, 6.07) is 14.4. The lowest BCUT2D eigenvalue weighted by Gasteiger charge is -2.24. The van der Waals surface area contributed by atoms with E-state index in [2.05, 4.69) is 4.99 Å². The summed E-state index contributed by atoms with van der Waals surface area (Å²) < 4.78 is 18.4. The van der Waals surface area contributed by atoms with Crippen LogP contribution in [0.2, 0.25) is 0 Å². The highest BCUT2D eigenvalue weighted by molar-refractivity contribution is 7.07. The van der Waals surface area contributed by atoms with Crippen LogP contribution in [0.25, 0.3) is 17.4 Å². The van der Waals surface area contributed by atoms with E-state index in [0.717, 1.165) is 5.56 Å². The smallest absolute Gasteiger partial charge is 0.338 e. The largest absolute Gasteiger partial charge is 0.497 e. The van der Waals surface area contributed by atoms with E-state index in [1.54, 1.807) is 69.5 Å². The number of esters is 1. The van der Waals surface area contributed by atoms with Crippen LogP contribution in [0.5, 0.6) is 5.75 Å². The Labute approximate surface area is 232 Å². The Kier molecular flexibility index (Phi) is 7.22. The van der Waals surface area contributed by atoms with Gasteiger partial charge in [-0.25, -0.2) is 9.79 Å². The van der Waals surface area contributed by atoms with E-state index in [0.29, 0.717) is 43.4 Å². The molecule has 1 aliphatic rings. The lowest BCUT2D eigenvalue weighted by Crippen LogP contribution is -2.39. The number of nitro benzene ring substituents is 1. The highest BCUT2D eigenvalue weighted by atomic mass is 32.1. The van der Waals surface area contributed by atoms with Crippen LogP contribution in [0.4, 0.5) is 5.69 Å². The van der Waals surface area contributed by atoms with Crippen molar-refractivity contribution in [3.05, 3.63) is 113 Å². The van der Waals surface area contributed by atoms with Crippen molar-refractivity contribution in [3.8, 4) is 17.1 Å². The molecule has 204 valence electrons. The fraction of sp³-hybridized carbons (Fsp3) is 0.207. The van der Waals surface area contributed by atoms with Crippen LogP contribution in [-0.4, -0.2) is 29.2 Å². The number of fused-ring (bicyclic) bond motifs is 1. The second-order valence-electron chi connectivity index (χ2n) is 9.03. The van der Waals surface area contributed by atoms with Crippen LogP contribution in [0, 0.1) is 17.0 Å². The van der Waals surface area contributed by atoms with Gasteiger partial charge in [0.2, 0.25) is 0 Å².